The Bertz CT molecular complexity index is 1630. The lowest BCUT2D eigenvalue weighted by Gasteiger charge is -2.40. The van der Waals surface area contributed by atoms with E-state index in [9.17, 15) is 4.79 Å². The van der Waals surface area contributed by atoms with Gasteiger partial charge in [-0.25, -0.2) is 0 Å². The van der Waals surface area contributed by atoms with E-state index in [-0.39, 0.29) is 17.9 Å². The van der Waals surface area contributed by atoms with Crippen LogP contribution in [-0.4, -0.2) is 61.1 Å². The van der Waals surface area contributed by atoms with Gasteiger partial charge in [0.2, 0.25) is 5.91 Å². The largest absolute Gasteiger partial charge is 0.497 e. The van der Waals surface area contributed by atoms with Crippen LogP contribution in [0.25, 0.3) is 10.9 Å². The van der Waals surface area contributed by atoms with Crippen molar-refractivity contribution in [2.75, 3.05) is 40.4 Å². The lowest BCUT2D eigenvalue weighted by molar-refractivity contribution is -0.133. The van der Waals surface area contributed by atoms with Crippen LogP contribution < -0.4 is 9.47 Å². The molecule has 2 heterocycles. The van der Waals surface area contributed by atoms with Crippen LogP contribution in [0.4, 0.5) is 0 Å². The number of carbonyl (C=O) groups excluding carboxylic acids is 1. The van der Waals surface area contributed by atoms with Gasteiger partial charge in [0.1, 0.15) is 11.5 Å². The summed E-state index contributed by atoms with van der Waals surface area (Å²) < 4.78 is 11.3. The van der Waals surface area contributed by atoms with Crippen LogP contribution >= 0.6 is 0 Å². The molecule has 0 saturated carbocycles. The SMILES string of the molecule is CCc1cccc2c(C(CC(=O)N3CCN(C(c4ccccc4)c4ccccc4)CC3)c3cc(OC)cc(OC)c3)c[nH]c12. The van der Waals surface area contributed by atoms with Crippen molar-refractivity contribution < 1.29 is 14.3 Å². The fourth-order valence-corrected chi connectivity index (χ4v) is 6.68. The molecule has 44 heavy (non-hydrogen) atoms. The topological polar surface area (TPSA) is 57.8 Å². The molecule has 1 aliphatic rings. The maximum atomic E-state index is 14.1. The Morgan fingerprint density at radius 3 is 1.95 bits per heavy atom. The Hall–Kier alpha value is -4.55. The van der Waals surface area contributed by atoms with Crippen LogP contribution in [-0.2, 0) is 11.2 Å². The van der Waals surface area contributed by atoms with Gasteiger partial charge in [0.05, 0.1) is 20.3 Å². The highest BCUT2D eigenvalue weighted by molar-refractivity contribution is 5.88. The standard InChI is InChI=1S/C38H41N3O3/c1-4-27-16-11-17-33-35(26-39-37(27)33)34(30-22-31(43-2)24-32(23-30)44-3)25-36(42)40-18-20-41(21-19-40)38(28-12-7-5-8-13-28)29-14-9-6-10-15-29/h5-17,22-24,26,34,38-39H,4,18-21,25H2,1-3H3. The van der Waals surface area contributed by atoms with E-state index in [1.807, 2.05) is 23.1 Å². The molecule has 1 aromatic heterocycles. The van der Waals surface area contributed by atoms with Crippen molar-refractivity contribution in [3.63, 3.8) is 0 Å². The molecule has 1 saturated heterocycles. The first kappa shape index (κ1) is 29.5. The van der Waals surface area contributed by atoms with Crippen LogP contribution in [0, 0.1) is 0 Å². The maximum absolute atomic E-state index is 14.1. The average molecular weight is 588 g/mol. The first-order chi connectivity index (χ1) is 21.6. The van der Waals surface area contributed by atoms with Gasteiger partial charge in [-0.05, 0) is 46.4 Å². The number of hydrogen-bond acceptors (Lipinski definition) is 4. The van der Waals surface area contributed by atoms with Crippen molar-refractivity contribution in [2.24, 2.45) is 0 Å². The second-order valence-electron chi connectivity index (χ2n) is 11.5. The highest BCUT2D eigenvalue weighted by Gasteiger charge is 2.30. The minimum atomic E-state index is -0.160. The average Bonchev–Trinajstić information content (AvgIpc) is 3.52. The van der Waals surface area contributed by atoms with Crippen LogP contribution in [0.15, 0.2) is 103 Å². The Labute approximate surface area is 260 Å². The molecule has 1 N–H and O–H groups in total. The fourth-order valence-electron chi connectivity index (χ4n) is 6.68. The summed E-state index contributed by atoms with van der Waals surface area (Å²) in [6.45, 7) is 5.17. The molecule has 1 fully saturated rings. The third kappa shape index (κ3) is 6.08. The lowest BCUT2D eigenvalue weighted by atomic mass is 9.87. The fraction of sp³-hybridized carbons (Fsp3) is 0.289. The number of hydrogen-bond donors (Lipinski definition) is 1. The number of benzene rings is 4. The number of rotatable bonds is 10. The number of piperazine rings is 1. The van der Waals surface area contributed by atoms with Gasteiger partial charge in [0, 0.05) is 61.7 Å². The van der Waals surface area contributed by atoms with Crippen LogP contribution in [0.5, 0.6) is 11.5 Å². The monoisotopic (exact) mass is 587 g/mol. The molecule has 5 aromatic rings. The summed E-state index contributed by atoms with van der Waals surface area (Å²) in [5.41, 5.74) is 7.07. The molecule has 0 bridgehead atoms. The zero-order valence-corrected chi connectivity index (χ0v) is 25.8. The van der Waals surface area contributed by atoms with Crippen molar-refractivity contribution in [1.29, 1.82) is 0 Å². The van der Waals surface area contributed by atoms with E-state index in [2.05, 4.69) is 102 Å². The molecule has 226 valence electrons. The van der Waals surface area contributed by atoms with Crippen molar-refractivity contribution in [2.45, 2.75) is 31.7 Å². The van der Waals surface area contributed by atoms with Gasteiger partial charge in [-0.1, -0.05) is 85.8 Å². The number of aromatic amines is 1. The number of methoxy groups -OCH3 is 2. The number of amides is 1. The summed E-state index contributed by atoms with van der Waals surface area (Å²) >= 11 is 0. The molecule has 1 amide bonds. The van der Waals surface area contributed by atoms with E-state index in [4.69, 9.17) is 9.47 Å². The summed E-state index contributed by atoms with van der Waals surface area (Å²) in [5, 5.41) is 1.15. The van der Waals surface area contributed by atoms with Gasteiger partial charge in [-0.3, -0.25) is 9.69 Å². The molecule has 0 aliphatic carbocycles. The Morgan fingerprint density at radius 2 is 1.39 bits per heavy atom. The Balaban J connectivity index is 1.27. The number of fused-ring (bicyclic) bond motifs is 1. The van der Waals surface area contributed by atoms with Crippen LogP contribution in [0.1, 0.15) is 53.1 Å². The molecule has 1 unspecified atom stereocenters. The summed E-state index contributed by atoms with van der Waals surface area (Å²) in [6.07, 6.45) is 3.38. The van der Waals surface area contributed by atoms with E-state index in [1.54, 1.807) is 14.2 Å². The normalized spacial score (nSPS) is 14.6. The lowest BCUT2D eigenvalue weighted by Crippen LogP contribution is -2.50. The van der Waals surface area contributed by atoms with Gasteiger partial charge < -0.3 is 19.4 Å². The van der Waals surface area contributed by atoms with E-state index < -0.39 is 0 Å². The number of aromatic nitrogens is 1. The molecule has 0 spiro atoms. The van der Waals surface area contributed by atoms with E-state index in [0.29, 0.717) is 31.0 Å². The zero-order chi connectivity index (χ0) is 30.5. The zero-order valence-electron chi connectivity index (χ0n) is 25.8. The molecule has 1 aliphatic heterocycles. The molecular formula is C38H41N3O3. The summed E-state index contributed by atoms with van der Waals surface area (Å²) in [4.78, 5) is 22.2. The molecular weight excluding hydrogens is 546 g/mol. The summed E-state index contributed by atoms with van der Waals surface area (Å²) in [5.74, 6) is 1.43. The Morgan fingerprint density at radius 1 is 0.773 bits per heavy atom. The van der Waals surface area contributed by atoms with Crippen molar-refractivity contribution in [3.05, 3.63) is 131 Å². The molecule has 6 heteroatoms. The third-order valence-corrected chi connectivity index (χ3v) is 9.01. The van der Waals surface area contributed by atoms with Crippen molar-refractivity contribution in [1.82, 2.24) is 14.8 Å². The number of nitrogens with one attached hydrogen (secondary N) is 1. The minimum absolute atomic E-state index is 0.158. The Kier molecular flexibility index (Phi) is 8.99. The highest BCUT2D eigenvalue weighted by Crippen LogP contribution is 2.38. The smallest absolute Gasteiger partial charge is 0.223 e. The minimum Gasteiger partial charge on any atom is -0.497 e. The highest BCUT2D eigenvalue weighted by atomic mass is 16.5. The molecule has 1 atom stereocenters. The second-order valence-corrected chi connectivity index (χ2v) is 11.5. The molecule has 6 nitrogen and oxygen atoms in total. The first-order valence-corrected chi connectivity index (χ1v) is 15.5. The number of ether oxygens (including phenoxy) is 2. The number of carbonyl (C=O) groups is 1. The van der Waals surface area contributed by atoms with Crippen LogP contribution in [0.3, 0.4) is 0 Å². The van der Waals surface area contributed by atoms with Gasteiger partial charge in [-0.2, -0.15) is 0 Å². The summed E-state index contributed by atoms with van der Waals surface area (Å²) in [7, 11) is 3.32. The number of aryl methyl sites for hydroxylation is 1. The van der Waals surface area contributed by atoms with Crippen molar-refractivity contribution >= 4 is 16.8 Å². The second kappa shape index (κ2) is 13.4. The van der Waals surface area contributed by atoms with Gasteiger partial charge in [0.15, 0.2) is 0 Å². The molecule has 4 aromatic carbocycles. The number of H-pyrrole nitrogens is 1. The molecule has 0 radical (unpaired) electrons. The summed E-state index contributed by atoms with van der Waals surface area (Å²) in [6, 6.07) is 33.9. The van der Waals surface area contributed by atoms with Crippen molar-refractivity contribution in [3.8, 4) is 11.5 Å². The predicted octanol–water partition coefficient (Wildman–Crippen LogP) is 7.20. The van der Waals surface area contributed by atoms with Crippen LogP contribution in [0.2, 0.25) is 0 Å². The first-order valence-electron chi connectivity index (χ1n) is 15.5. The van der Waals surface area contributed by atoms with E-state index in [0.717, 1.165) is 41.5 Å². The third-order valence-electron chi connectivity index (χ3n) is 9.01. The number of nitrogens with zero attached hydrogens (tertiary/aromatic N) is 2. The van der Waals surface area contributed by atoms with Gasteiger partial charge in [0.25, 0.3) is 0 Å². The number of para-hydroxylation sites is 1. The maximum Gasteiger partial charge on any atom is 0.223 e. The van der Waals surface area contributed by atoms with Gasteiger partial charge in [-0.15, -0.1) is 0 Å². The van der Waals surface area contributed by atoms with E-state index >= 15 is 0 Å². The predicted molar refractivity (Wildman–Crippen MR) is 177 cm³/mol. The quantitative estimate of drug-likeness (QED) is 0.188. The van der Waals surface area contributed by atoms with E-state index in [1.165, 1.54) is 16.7 Å². The van der Waals surface area contributed by atoms with Gasteiger partial charge >= 0.3 is 0 Å². The molecule has 6 rings (SSSR count).